The van der Waals surface area contributed by atoms with E-state index in [1.54, 1.807) is 31.5 Å². The van der Waals surface area contributed by atoms with Crippen molar-refractivity contribution in [3.8, 4) is 17.3 Å². The Morgan fingerprint density at radius 2 is 1.91 bits per heavy atom. The van der Waals surface area contributed by atoms with Crippen LogP contribution in [-0.2, 0) is 0 Å². The van der Waals surface area contributed by atoms with Gasteiger partial charge in [0.2, 0.25) is 5.82 Å². The second-order valence-corrected chi connectivity index (χ2v) is 8.84. The van der Waals surface area contributed by atoms with Gasteiger partial charge in [-0.15, -0.1) is 0 Å². The van der Waals surface area contributed by atoms with Gasteiger partial charge in [-0.2, -0.15) is 9.78 Å². The van der Waals surface area contributed by atoms with Gasteiger partial charge in [-0.05, 0) is 48.5 Å². The molecule has 3 aromatic carbocycles. The number of halogens is 1. The molecule has 0 atom stereocenters. The van der Waals surface area contributed by atoms with Crippen LogP contribution < -0.4 is 15.2 Å². The first-order valence-corrected chi connectivity index (χ1v) is 11.3. The van der Waals surface area contributed by atoms with Crippen LogP contribution in [0.4, 0.5) is 5.69 Å². The Balaban J connectivity index is 1.70. The zero-order valence-electron chi connectivity index (χ0n) is 18.8. The average molecular weight is 517 g/mol. The maximum absolute atomic E-state index is 13.4. The summed E-state index contributed by atoms with van der Waals surface area (Å²) in [5.41, 5.74) is 2.70. The second kappa shape index (κ2) is 8.79. The van der Waals surface area contributed by atoms with Crippen molar-refractivity contribution in [2.75, 3.05) is 26.1 Å². The molecule has 34 heavy (non-hydrogen) atoms. The molecule has 170 valence electrons. The summed E-state index contributed by atoms with van der Waals surface area (Å²) in [7, 11) is 5.52. The van der Waals surface area contributed by atoms with Gasteiger partial charge in [-0.3, -0.25) is 4.79 Å². The normalized spacial score (nSPS) is 11.5. The van der Waals surface area contributed by atoms with Crippen molar-refractivity contribution in [3.63, 3.8) is 0 Å². The van der Waals surface area contributed by atoms with Gasteiger partial charge in [-0.25, -0.2) is 4.98 Å². The molecule has 0 unspecified atom stereocenters. The highest BCUT2D eigenvalue weighted by Gasteiger charge is 2.17. The molecule has 0 aliphatic rings. The Hall–Kier alpha value is -3.91. The third-order valence-corrected chi connectivity index (χ3v) is 5.99. The number of para-hydroxylation sites is 1. The van der Waals surface area contributed by atoms with Gasteiger partial charge < -0.3 is 14.1 Å². The van der Waals surface area contributed by atoms with Crippen molar-refractivity contribution in [3.05, 3.63) is 87.1 Å². The Bertz CT molecular complexity index is 1620. The van der Waals surface area contributed by atoms with E-state index in [9.17, 15) is 4.79 Å². The summed E-state index contributed by atoms with van der Waals surface area (Å²) in [6.45, 7) is 0. The molecule has 2 heterocycles. The zero-order chi connectivity index (χ0) is 23.8. The molecular formula is C26H21BrN4O3. The van der Waals surface area contributed by atoms with Crippen LogP contribution in [-0.4, -0.2) is 37.1 Å². The van der Waals surface area contributed by atoms with Crippen molar-refractivity contribution in [2.24, 2.45) is 5.10 Å². The molecule has 0 saturated heterocycles. The maximum Gasteiger partial charge on any atom is 0.282 e. The van der Waals surface area contributed by atoms with Crippen LogP contribution in [0.1, 0.15) is 5.56 Å². The van der Waals surface area contributed by atoms with Crippen LogP contribution >= 0.6 is 15.9 Å². The fraction of sp³-hybridized carbons (Fsp3) is 0.115. The van der Waals surface area contributed by atoms with Crippen LogP contribution in [0, 0.1) is 0 Å². The van der Waals surface area contributed by atoms with Crippen LogP contribution in [0.2, 0.25) is 0 Å². The third kappa shape index (κ3) is 3.97. The van der Waals surface area contributed by atoms with Gasteiger partial charge >= 0.3 is 0 Å². The predicted octanol–water partition coefficient (Wildman–Crippen LogP) is 5.53. The van der Waals surface area contributed by atoms with E-state index in [1.807, 2.05) is 67.5 Å². The number of fused-ring (bicyclic) bond motifs is 2. The lowest BCUT2D eigenvalue weighted by molar-refractivity contribution is 0.414. The standard InChI is InChI=1S/C26H21BrN4O3/c1-30(2)19-10-8-16(23(14-19)33-3)15-28-31-25(29-21-7-5-4-6-20(21)26(31)32)24-13-17-12-18(27)9-11-22(17)34-24/h4-15H,1-3H3. The fourth-order valence-corrected chi connectivity index (χ4v) is 4.10. The fourth-order valence-electron chi connectivity index (χ4n) is 3.72. The van der Waals surface area contributed by atoms with E-state index in [1.165, 1.54) is 4.68 Å². The average Bonchev–Trinajstić information content (AvgIpc) is 3.26. The number of furan rings is 1. The number of aromatic nitrogens is 2. The number of ether oxygens (including phenoxy) is 1. The van der Waals surface area contributed by atoms with Gasteiger partial charge in [-0.1, -0.05) is 28.1 Å². The molecule has 8 heteroatoms. The van der Waals surface area contributed by atoms with Crippen LogP contribution in [0.3, 0.4) is 0 Å². The minimum Gasteiger partial charge on any atom is -0.496 e. The lowest BCUT2D eigenvalue weighted by atomic mass is 10.2. The Labute approximate surface area is 204 Å². The lowest BCUT2D eigenvalue weighted by Gasteiger charge is -2.14. The zero-order valence-corrected chi connectivity index (χ0v) is 20.4. The number of anilines is 1. The first-order valence-electron chi connectivity index (χ1n) is 10.6. The maximum atomic E-state index is 13.4. The number of benzene rings is 3. The summed E-state index contributed by atoms with van der Waals surface area (Å²) in [5, 5.41) is 5.89. The van der Waals surface area contributed by atoms with E-state index in [4.69, 9.17) is 14.1 Å². The summed E-state index contributed by atoms with van der Waals surface area (Å²) < 4.78 is 13.8. The van der Waals surface area contributed by atoms with E-state index in [0.717, 1.165) is 21.1 Å². The molecule has 0 bridgehead atoms. The molecule has 0 spiro atoms. The first-order chi connectivity index (χ1) is 16.4. The van der Waals surface area contributed by atoms with Gasteiger partial charge in [0, 0.05) is 41.3 Å². The number of hydrogen-bond acceptors (Lipinski definition) is 6. The van der Waals surface area contributed by atoms with E-state index in [-0.39, 0.29) is 5.56 Å². The first kappa shape index (κ1) is 21.9. The minimum atomic E-state index is -0.289. The highest BCUT2D eigenvalue weighted by atomic mass is 79.9. The Morgan fingerprint density at radius 1 is 1.09 bits per heavy atom. The Morgan fingerprint density at radius 3 is 2.71 bits per heavy atom. The molecule has 0 N–H and O–H groups in total. The molecule has 7 nitrogen and oxygen atoms in total. The highest BCUT2D eigenvalue weighted by Crippen LogP contribution is 2.29. The van der Waals surface area contributed by atoms with E-state index in [0.29, 0.717) is 33.8 Å². The highest BCUT2D eigenvalue weighted by molar-refractivity contribution is 9.10. The molecule has 2 aromatic heterocycles. The minimum absolute atomic E-state index is 0.289. The summed E-state index contributed by atoms with van der Waals surface area (Å²) in [6.07, 6.45) is 1.60. The van der Waals surface area contributed by atoms with Crippen molar-refractivity contribution in [1.82, 2.24) is 9.66 Å². The van der Waals surface area contributed by atoms with Crippen molar-refractivity contribution < 1.29 is 9.15 Å². The van der Waals surface area contributed by atoms with E-state index < -0.39 is 0 Å². The molecule has 0 amide bonds. The van der Waals surface area contributed by atoms with Crippen LogP contribution in [0.5, 0.6) is 5.75 Å². The van der Waals surface area contributed by atoms with E-state index >= 15 is 0 Å². The summed E-state index contributed by atoms with van der Waals surface area (Å²) in [6, 6.07) is 20.5. The van der Waals surface area contributed by atoms with Gasteiger partial charge in [0.15, 0.2) is 5.76 Å². The number of methoxy groups -OCH3 is 1. The number of nitrogens with zero attached hydrogens (tertiary/aromatic N) is 4. The molecule has 0 fully saturated rings. The number of hydrogen-bond donors (Lipinski definition) is 0. The largest absolute Gasteiger partial charge is 0.496 e. The summed E-state index contributed by atoms with van der Waals surface area (Å²) >= 11 is 3.48. The van der Waals surface area contributed by atoms with E-state index in [2.05, 4.69) is 21.0 Å². The van der Waals surface area contributed by atoms with Crippen LogP contribution in [0.25, 0.3) is 33.5 Å². The molecule has 0 radical (unpaired) electrons. The van der Waals surface area contributed by atoms with Gasteiger partial charge in [0.05, 0.1) is 24.2 Å². The summed E-state index contributed by atoms with van der Waals surface area (Å²) in [5.74, 6) is 1.41. The summed E-state index contributed by atoms with van der Waals surface area (Å²) in [4.78, 5) is 20.1. The smallest absolute Gasteiger partial charge is 0.282 e. The Kier molecular flexibility index (Phi) is 5.67. The quantitative estimate of drug-likeness (QED) is 0.287. The van der Waals surface area contributed by atoms with Gasteiger partial charge in [0.25, 0.3) is 5.56 Å². The lowest BCUT2D eigenvalue weighted by Crippen LogP contribution is -2.20. The molecular weight excluding hydrogens is 496 g/mol. The molecule has 5 aromatic rings. The van der Waals surface area contributed by atoms with Crippen molar-refractivity contribution in [2.45, 2.75) is 0 Å². The monoisotopic (exact) mass is 516 g/mol. The van der Waals surface area contributed by atoms with Gasteiger partial charge in [0.1, 0.15) is 11.3 Å². The topological polar surface area (TPSA) is 72.9 Å². The second-order valence-electron chi connectivity index (χ2n) is 7.93. The SMILES string of the molecule is COc1cc(N(C)C)ccc1C=Nn1c(-c2cc3cc(Br)ccc3o2)nc2ccccc2c1=O. The number of rotatable bonds is 5. The molecule has 0 saturated carbocycles. The molecule has 0 aliphatic heterocycles. The van der Waals surface area contributed by atoms with Crippen molar-refractivity contribution in [1.29, 1.82) is 0 Å². The third-order valence-electron chi connectivity index (χ3n) is 5.50. The van der Waals surface area contributed by atoms with Crippen LogP contribution in [0.15, 0.2) is 85.5 Å². The van der Waals surface area contributed by atoms with Crippen molar-refractivity contribution >= 4 is 49.7 Å². The predicted molar refractivity (Wildman–Crippen MR) is 139 cm³/mol. The molecule has 0 aliphatic carbocycles. The molecule has 5 rings (SSSR count).